The van der Waals surface area contributed by atoms with E-state index < -0.39 is 10.2 Å². The molecule has 0 aliphatic heterocycles. The van der Waals surface area contributed by atoms with Crippen LogP contribution in [-0.2, 0) is 10.2 Å². The molecule has 14 heavy (non-hydrogen) atoms. The van der Waals surface area contributed by atoms with E-state index in [9.17, 15) is 8.42 Å². The second kappa shape index (κ2) is 5.65. The lowest BCUT2D eigenvalue weighted by Crippen LogP contribution is -2.45. The molecule has 0 radical (unpaired) electrons. The fourth-order valence-corrected chi connectivity index (χ4v) is 2.22. The van der Waals surface area contributed by atoms with E-state index in [2.05, 4.69) is 4.72 Å². The minimum atomic E-state index is -3.41. The zero-order valence-electron chi connectivity index (χ0n) is 9.19. The van der Waals surface area contributed by atoms with Crippen LogP contribution >= 0.6 is 0 Å². The Kier molecular flexibility index (Phi) is 5.58. The molecule has 6 heteroatoms. The molecule has 2 N–H and O–H groups in total. The second-order valence-electron chi connectivity index (χ2n) is 3.65. The van der Waals surface area contributed by atoms with Crippen molar-refractivity contribution < 1.29 is 13.5 Å². The number of nitrogens with one attached hydrogen (secondary N) is 1. The zero-order valence-corrected chi connectivity index (χ0v) is 10.0. The van der Waals surface area contributed by atoms with Crippen LogP contribution in [0.2, 0.25) is 0 Å². The van der Waals surface area contributed by atoms with E-state index in [1.54, 1.807) is 20.8 Å². The van der Waals surface area contributed by atoms with E-state index in [0.717, 1.165) is 0 Å². The Balaban J connectivity index is 4.34. The molecule has 0 aliphatic rings. The Bertz CT molecular complexity index is 251. The molecule has 0 aliphatic carbocycles. The Morgan fingerprint density at radius 3 is 2.21 bits per heavy atom. The standard InChI is InChI=1S/C8H20N2O3S/c1-7(2)10(4)14(12,13)9-8(3)5-6-11/h7-9,11H,5-6H2,1-4H3. The molecular formula is C8H20N2O3S. The van der Waals surface area contributed by atoms with Gasteiger partial charge in [0.2, 0.25) is 0 Å². The first kappa shape index (κ1) is 13.8. The summed E-state index contributed by atoms with van der Waals surface area (Å²) in [5, 5.41) is 8.63. The highest BCUT2D eigenvalue weighted by Gasteiger charge is 2.21. The average molecular weight is 224 g/mol. The van der Waals surface area contributed by atoms with Crippen molar-refractivity contribution in [2.45, 2.75) is 39.3 Å². The molecule has 86 valence electrons. The van der Waals surface area contributed by atoms with Crippen LogP contribution in [0.3, 0.4) is 0 Å². The van der Waals surface area contributed by atoms with Crippen LogP contribution in [0.1, 0.15) is 27.2 Å². The molecule has 0 bridgehead atoms. The maximum absolute atomic E-state index is 11.6. The molecule has 0 heterocycles. The molecule has 0 saturated heterocycles. The number of rotatable bonds is 6. The maximum Gasteiger partial charge on any atom is 0.279 e. The normalized spacial score (nSPS) is 15.1. The lowest BCUT2D eigenvalue weighted by atomic mass is 10.3. The van der Waals surface area contributed by atoms with Gasteiger partial charge < -0.3 is 5.11 Å². The summed E-state index contributed by atoms with van der Waals surface area (Å²) in [4.78, 5) is 0. The minimum absolute atomic E-state index is 0.0188. The smallest absolute Gasteiger partial charge is 0.279 e. The summed E-state index contributed by atoms with van der Waals surface area (Å²) >= 11 is 0. The molecule has 0 saturated carbocycles. The lowest BCUT2D eigenvalue weighted by Gasteiger charge is -2.23. The Morgan fingerprint density at radius 1 is 1.36 bits per heavy atom. The number of aliphatic hydroxyl groups excluding tert-OH is 1. The summed E-state index contributed by atoms with van der Waals surface area (Å²) in [6.07, 6.45) is 0.422. The fourth-order valence-electron chi connectivity index (χ4n) is 0.867. The van der Waals surface area contributed by atoms with Gasteiger partial charge in [0, 0.05) is 25.7 Å². The van der Waals surface area contributed by atoms with Crippen molar-refractivity contribution in [1.82, 2.24) is 9.03 Å². The summed E-state index contributed by atoms with van der Waals surface area (Å²) in [7, 11) is -1.88. The van der Waals surface area contributed by atoms with Gasteiger partial charge in [-0.05, 0) is 27.2 Å². The topological polar surface area (TPSA) is 69.6 Å². The molecule has 0 rings (SSSR count). The SMILES string of the molecule is CC(CCO)NS(=O)(=O)N(C)C(C)C. The number of hydrogen-bond acceptors (Lipinski definition) is 3. The summed E-state index contributed by atoms with van der Waals surface area (Å²) in [5.41, 5.74) is 0. The highest BCUT2D eigenvalue weighted by molar-refractivity contribution is 7.87. The van der Waals surface area contributed by atoms with E-state index in [1.807, 2.05) is 0 Å². The summed E-state index contributed by atoms with van der Waals surface area (Å²) in [6, 6.07) is -0.319. The molecule has 1 unspecified atom stereocenters. The quantitative estimate of drug-likeness (QED) is 0.663. The van der Waals surface area contributed by atoms with E-state index in [4.69, 9.17) is 5.11 Å². The molecule has 0 fully saturated rings. The van der Waals surface area contributed by atoms with Gasteiger partial charge in [0.25, 0.3) is 10.2 Å². The van der Waals surface area contributed by atoms with E-state index >= 15 is 0 Å². The van der Waals surface area contributed by atoms with Crippen LogP contribution in [0.5, 0.6) is 0 Å². The molecular weight excluding hydrogens is 204 g/mol. The van der Waals surface area contributed by atoms with Gasteiger partial charge in [-0.2, -0.15) is 17.4 Å². The molecule has 0 aromatic carbocycles. The summed E-state index contributed by atoms with van der Waals surface area (Å²) < 4.78 is 26.9. The van der Waals surface area contributed by atoms with E-state index in [1.165, 1.54) is 11.4 Å². The third kappa shape index (κ3) is 4.36. The Hall–Kier alpha value is -0.170. The largest absolute Gasteiger partial charge is 0.396 e. The first-order chi connectivity index (χ1) is 6.31. The minimum Gasteiger partial charge on any atom is -0.396 e. The average Bonchev–Trinajstić information content (AvgIpc) is 2.02. The van der Waals surface area contributed by atoms with Crippen LogP contribution in [0.15, 0.2) is 0 Å². The molecule has 0 aromatic heterocycles. The van der Waals surface area contributed by atoms with Gasteiger partial charge in [0.1, 0.15) is 0 Å². The maximum atomic E-state index is 11.6. The first-order valence-corrected chi connectivity index (χ1v) is 6.11. The monoisotopic (exact) mass is 224 g/mol. The third-order valence-corrected chi connectivity index (χ3v) is 3.90. The van der Waals surface area contributed by atoms with Gasteiger partial charge >= 0.3 is 0 Å². The highest BCUT2D eigenvalue weighted by atomic mass is 32.2. The van der Waals surface area contributed by atoms with Gasteiger partial charge in [-0.25, -0.2) is 0 Å². The van der Waals surface area contributed by atoms with Crippen molar-refractivity contribution in [2.24, 2.45) is 0 Å². The van der Waals surface area contributed by atoms with Crippen molar-refractivity contribution in [3.8, 4) is 0 Å². The van der Waals surface area contributed by atoms with Crippen LogP contribution in [-0.4, -0.2) is 43.6 Å². The Labute approximate surface area is 86.3 Å². The van der Waals surface area contributed by atoms with Crippen molar-refractivity contribution in [3.63, 3.8) is 0 Å². The molecule has 0 spiro atoms. The van der Waals surface area contributed by atoms with Crippen molar-refractivity contribution in [2.75, 3.05) is 13.7 Å². The van der Waals surface area contributed by atoms with Crippen LogP contribution in [0.25, 0.3) is 0 Å². The van der Waals surface area contributed by atoms with Gasteiger partial charge in [-0.3, -0.25) is 0 Å². The lowest BCUT2D eigenvalue weighted by molar-refractivity contribution is 0.274. The number of aliphatic hydroxyl groups is 1. The van der Waals surface area contributed by atoms with Crippen molar-refractivity contribution in [3.05, 3.63) is 0 Å². The highest BCUT2D eigenvalue weighted by Crippen LogP contribution is 2.02. The van der Waals surface area contributed by atoms with Gasteiger partial charge in [0.05, 0.1) is 0 Å². The Morgan fingerprint density at radius 2 is 1.86 bits per heavy atom. The first-order valence-electron chi connectivity index (χ1n) is 4.67. The predicted molar refractivity (Wildman–Crippen MR) is 56.1 cm³/mol. The van der Waals surface area contributed by atoms with Gasteiger partial charge in [-0.1, -0.05) is 0 Å². The van der Waals surface area contributed by atoms with Gasteiger partial charge in [0.15, 0.2) is 0 Å². The third-order valence-electron chi connectivity index (χ3n) is 2.02. The predicted octanol–water partition coefficient (Wildman–Crippen LogP) is -0.0681. The van der Waals surface area contributed by atoms with Crippen molar-refractivity contribution >= 4 is 10.2 Å². The van der Waals surface area contributed by atoms with E-state index in [-0.39, 0.29) is 18.7 Å². The molecule has 0 amide bonds. The molecule has 5 nitrogen and oxygen atoms in total. The number of nitrogens with zero attached hydrogens (tertiary/aromatic N) is 1. The van der Waals surface area contributed by atoms with Crippen LogP contribution in [0.4, 0.5) is 0 Å². The summed E-state index contributed by atoms with van der Waals surface area (Å²) in [6.45, 7) is 5.31. The van der Waals surface area contributed by atoms with Crippen LogP contribution in [0, 0.1) is 0 Å². The van der Waals surface area contributed by atoms with Gasteiger partial charge in [-0.15, -0.1) is 0 Å². The fraction of sp³-hybridized carbons (Fsp3) is 1.00. The van der Waals surface area contributed by atoms with Crippen LogP contribution < -0.4 is 4.72 Å². The zero-order chi connectivity index (χ0) is 11.4. The molecule has 0 aromatic rings. The summed E-state index contributed by atoms with van der Waals surface area (Å²) in [5.74, 6) is 0. The molecule has 1 atom stereocenters. The number of hydrogen-bond donors (Lipinski definition) is 2. The van der Waals surface area contributed by atoms with E-state index in [0.29, 0.717) is 6.42 Å². The second-order valence-corrected chi connectivity index (χ2v) is 5.41. The van der Waals surface area contributed by atoms with Crippen molar-refractivity contribution in [1.29, 1.82) is 0 Å².